The first-order valence-corrected chi connectivity index (χ1v) is 5.90. The van der Waals surface area contributed by atoms with E-state index in [0.717, 1.165) is 31.3 Å². The van der Waals surface area contributed by atoms with Crippen molar-refractivity contribution in [3.05, 3.63) is 23.3 Å². The Morgan fingerprint density at radius 2 is 2.19 bits per heavy atom. The molecule has 0 bridgehead atoms. The summed E-state index contributed by atoms with van der Waals surface area (Å²) >= 11 is 0. The molecule has 0 amide bonds. The van der Waals surface area contributed by atoms with Gasteiger partial charge in [-0.25, -0.2) is 0 Å². The molecule has 0 spiro atoms. The van der Waals surface area contributed by atoms with Crippen molar-refractivity contribution in [3.8, 4) is 0 Å². The highest BCUT2D eigenvalue weighted by molar-refractivity contribution is 5.99. The molecule has 86 valence electrons. The number of rotatable bonds is 1. The van der Waals surface area contributed by atoms with Gasteiger partial charge >= 0.3 is 0 Å². The summed E-state index contributed by atoms with van der Waals surface area (Å²) in [5.74, 6) is 0.911. The van der Waals surface area contributed by atoms with Crippen LogP contribution < -0.4 is 5.73 Å². The summed E-state index contributed by atoms with van der Waals surface area (Å²) in [6, 6.07) is 0.134. The molecule has 0 fully saturated rings. The minimum atomic E-state index is 0.134. The van der Waals surface area contributed by atoms with Gasteiger partial charge in [0.05, 0.1) is 11.9 Å². The van der Waals surface area contributed by atoms with E-state index in [-0.39, 0.29) is 6.04 Å². The van der Waals surface area contributed by atoms with E-state index in [1.807, 2.05) is 12.2 Å². The monoisotopic (exact) mass is 218 g/mol. The zero-order valence-electron chi connectivity index (χ0n) is 9.70. The molecule has 0 saturated carbocycles. The van der Waals surface area contributed by atoms with E-state index in [4.69, 9.17) is 5.73 Å². The molecule has 3 nitrogen and oxygen atoms in total. The number of aliphatic imine (C=N–C) groups is 1. The van der Waals surface area contributed by atoms with Gasteiger partial charge in [-0.1, -0.05) is 17.7 Å². The Labute approximate surface area is 96.1 Å². The number of nitrogens with zero attached hydrogens (tertiary/aromatic N) is 1. The predicted octanol–water partition coefficient (Wildman–Crippen LogP) is 2.13. The molecule has 0 radical (unpaired) electrons. The Bertz CT molecular complexity index is 387. The lowest BCUT2D eigenvalue weighted by Crippen LogP contribution is -2.16. The normalized spacial score (nSPS) is 26.7. The van der Waals surface area contributed by atoms with Crippen LogP contribution in [0.25, 0.3) is 0 Å². The first-order valence-electron chi connectivity index (χ1n) is 5.90. The summed E-state index contributed by atoms with van der Waals surface area (Å²) in [7, 11) is 0. The first-order chi connectivity index (χ1) is 7.66. The number of allylic oxidation sites excluding steroid dienone is 2. The number of nitrogens with two attached hydrogens (primary N) is 1. The highest BCUT2D eigenvalue weighted by Gasteiger charge is 2.22. The third-order valence-electron chi connectivity index (χ3n) is 3.12. The maximum absolute atomic E-state index is 11.8. The molecule has 0 aromatic rings. The van der Waals surface area contributed by atoms with Crippen LogP contribution in [0.15, 0.2) is 28.3 Å². The van der Waals surface area contributed by atoms with Crippen LogP contribution in [0, 0.1) is 0 Å². The first kappa shape index (κ1) is 11.1. The smallest absolute Gasteiger partial charge is 0.162 e. The Balaban J connectivity index is 2.19. The minimum absolute atomic E-state index is 0.134. The van der Waals surface area contributed by atoms with Crippen molar-refractivity contribution in [3.63, 3.8) is 0 Å². The molecule has 2 aliphatic rings. The third-order valence-corrected chi connectivity index (χ3v) is 3.12. The summed E-state index contributed by atoms with van der Waals surface area (Å²) in [4.78, 5) is 16.2. The molecular formula is C13H18N2O. The van der Waals surface area contributed by atoms with Crippen molar-refractivity contribution < 1.29 is 4.79 Å². The Morgan fingerprint density at radius 3 is 2.94 bits per heavy atom. The van der Waals surface area contributed by atoms with E-state index in [2.05, 4.69) is 4.99 Å². The number of carbonyl (C=O) groups is 1. The number of hydrogen-bond acceptors (Lipinski definition) is 2. The van der Waals surface area contributed by atoms with Gasteiger partial charge in [0.1, 0.15) is 0 Å². The van der Waals surface area contributed by atoms with Crippen LogP contribution in [0.2, 0.25) is 0 Å². The van der Waals surface area contributed by atoms with Crippen molar-refractivity contribution in [2.24, 2.45) is 10.7 Å². The summed E-state index contributed by atoms with van der Waals surface area (Å²) < 4.78 is 0. The van der Waals surface area contributed by atoms with Crippen molar-refractivity contribution in [1.82, 2.24) is 0 Å². The second-order valence-corrected chi connectivity index (χ2v) is 4.55. The molecule has 3 heteroatoms. The molecular weight excluding hydrogens is 200 g/mol. The molecule has 0 aromatic carbocycles. The van der Waals surface area contributed by atoms with Gasteiger partial charge in [-0.3, -0.25) is 9.79 Å². The van der Waals surface area contributed by atoms with Gasteiger partial charge in [-0.2, -0.15) is 0 Å². The number of hydrogen-bond donors (Lipinski definition) is 1. The Hall–Kier alpha value is -1.38. The molecule has 0 heterocycles. The SMILES string of the molecule is CC(N)=NC1C=CC2=C(CCCCC2=O)C1. The highest BCUT2D eigenvalue weighted by Crippen LogP contribution is 2.30. The molecule has 2 N–H and O–H groups in total. The van der Waals surface area contributed by atoms with Crippen LogP contribution in [0.1, 0.15) is 39.0 Å². The zero-order chi connectivity index (χ0) is 11.5. The quantitative estimate of drug-likeness (QED) is 0.541. The third kappa shape index (κ3) is 2.40. The number of Topliss-reactive ketones (excluding diaryl/α,β-unsaturated/α-hetero) is 1. The second kappa shape index (κ2) is 4.64. The molecule has 1 unspecified atom stereocenters. The molecule has 0 saturated heterocycles. The number of carbonyl (C=O) groups excluding carboxylic acids is 1. The molecule has 1 atom stereocenters. The van der Waals surface area contributed by atoms with E-state index in [9.17, 15) is 4.79 Å². The summed E-state index contributed by atoms with van der Waals surface area (Å²) in [6.45, 7) is 1.80. The Morgan fingerprint density at radius 1 is 1.44 bits per heavy atom. The van der Waals surface area contributed by atoms with E-state index >= 15 is 0 Å². The molecule has 2 rings (SSSR count). The van der Waals surface area contributed by atoms with Crippen LogP contribution in [0.3, 0.4) is 0 Å². The van der Waals surface area contributed by atoms with Crippen molar-refractivity contribution in [1.29, 1.82) is 0 Å². The fraction of sp³-hybridized carbons (Fsp3) is 0.538. The van der Waals surface area contributed by atoms with Crippen LogP contribution in [-0.4, -0.2) is 17.7 Å². The van der Waals surface area contributed by atoms with Gasteiger partial charge in [0.15, 0.2) is 5.78 Å². The summed E-state index contributed by atoms with van der Waals surface area (Å²) in [6.07, 6.45) is 8.70. The zero-order valence-corrected chi connectivity index (χ0v) is 9.70. The van der Waals surface area contributed by atoms with E-state index in [1.165, 1.54) is 5.57 Å². The van der Waals surface area contributed by atoms with Crippen molar-refractivity contribution in [2.45, 2.75) is 45.1 Å². The van der Waals surface area contributed by atoms with Gasteiger partial charge in [-0.15, -0.1) is 0 Å². The lowest BCUT2D eigenvalue weighted by Gasteiger charge is -2.18. The average Bonchev–Trinajstić information content (AvgIpc) is 2.40. The van der Waals surface area contributed by atoms with Crippen LogP contribution in [0.5, 0.6) is 0 Å². The van der Waals surface area contributed by atoms with Gasteiger partial charge in [0, 0.05) is 12.0 Å². The van der Waals surface area contributed by atoms with Gasteiger partial charge in [-0.05, 0) is 32.6 Å². The lowest BCUT2D eigenvalue weighted by atomic mass is 9.91. The van der Waals surface area contributed by atoms with E-state index < -0.39 is 0 Å². The van der Waals surface area contributed by atoms with Gasteiger partial charge in [0.25, 0.3) is 0 Å². The molecule has 0 aliphatic heterocycles. The second-order valence-electron chi connectivity index (χ2n) is 4.55. The molecule has 0 aromatic heterocycles. The summed E-state index contributed by atoms with van der Waals surface area (Å²) in [5, 5.41) is 0. The van der Waals surface area contributed by atoms with Crippen LogP contribution in [0.4, 0.5) is 0 Å². The highest BCUT2D eigenvalue weighted by atomic mass is 16.1. The van der Waals surface area contributed by atoms with Crippen molar-refractivity contribution in [2.75, 3.05) is 0 Å². The fourth-order valence-corrected chi connectivity index (χ4v) is 2.39. The average molecular weight is 218 g/mol. The molecule has 16 heavy (non-hydrogen) atoms. The minimum Gasteiger partial charge on any atom is -0.388 e. The maximum atomic E-state index is 11.8. The van der Waals surface area contributed by atoms with Crippen molar-refractivity contribution >= 4 is 11.6 Å². The fourth-order valence-electron chi connectivity index (χ4n) is 2.39. The summed E-state index contributed by atoms with van der Waals surface area (Å²) in [5.41, 5.74) is 7.80. The largest absolute Gasteiger partial charge is 0.388 e. The standard InChI is InChI=1S/C13H18N2O/c1-9(14)15-11-6-7-12-10(8-11)4-2-3-5-13(12)16/h6-7,11H,2-5,8H2,1H3,(H2,14,15). The van der Waals surface area contributed by atoms with Crippen LogP contribution >= 0.6 is 0 Å². The Kier molecular flexibility index (Phi) is 3.22. The molecule has 2 aliphatic carbocycles. The number of amidine groups is 1. The van der Waals surface area contributed by atoms with Crippen LogP contribution in [-0.2, 0) is 4.79 Å². The van der Waals surface area contributed by atoms with Gasteiger partial charge in [0.2, 0.25) is 0 Å². The van der Waals surface area contributed by atoms with E-state index in [0.29, 0.717) is 18.0 Å². The maximum Gasteiger partial charge on any atom is 0.162 e. The van der Waals surface area contributed by atoms with Gasteiger partial charge < -0.3 is 5.73 Å². The lowest BCUT2D eigenvalue weighted by molar-refractivity contribution is -0.115. The van der Waals surface area contributed by atoms with E-state index in [1.54, 1.807) is 6.92 Å². The topological polar surface area (TPSA) is 55.4 Å². The number of ketones is 1. The predicted molar refractivity (Wildman–Crippen MR) is 65.3 cm³/mol.